The molecule has 1 aromatic carbocycles. The van der Waals surface area contributed by atoms with Gasteiger partial charge in [0.05, 0.1) is 29.1 Å². The number of carbonyl (C=O) groups excluding carboxylic acids is 3. The number of nitrogens with zero attached hydrogens (tertiary/aromatic N) is 5. The van der Waals surface area contributed by atoms with E-state index in [4.69, 9.17) is 33.3 Å². The molecule has 2 aliphatic heterocycles. The molecule has 0 saturated carbocycles. The molecule has 0 aliphatic carbocycles. The normalized spacial score (nSPS) is 17.5. The number of rotatable bonds is 12. The van der Waals surface area contributed by atoms with E-state index in [0.29, 0.717) is 11.1 Å². The van der Waals surface area contributed by atoms with Crippen LogP contribution in [0, 0.1) is 11.2 Å². The molecule has 5 heterocycles. The van der Waals surface area contributed by atoms with Crippen molar-refractivity contribution in [2.24, 2.45) is 10.9 Å². The molecule has 2 aliphatic rings. The van der Waals surface area contributed by atoms with Crippen LogP contribution in [0.25, 0.3) is 10.9 Å². The summed E-state index contributed by atoms with van der Waals surface area (Å²) in [7, 11) is 0. The van der Waals surface area contributed by atoms with E-state index in [0.717, 1.165) is 27.1 Å². The lowest BCUT2D eigenvalue weighted by molar-refractivity contribution is -0.687. The molecule has 3 aromatic heterocycles. The van der Waals surface area contributed by atoms with E-state index >= 15 is 0 Å². The number of carboxylic acids is 2. The van der Waals surface area contributed by atoms with Gasteiger partial charge in [-0.25, -0.2) is 18.7 Å². The van der Waals surface area contributed by atoms with E-state index in [-0.39, 0.29) is 51.1 Å². The van der Waals surface area contributed by atoms with Crippen LogP contribution >= 0.6 is 34.7 Å². The molecule has 6 rings (SSSR count). The Balaban J connectivity index is 1.19. The molecular formula is C32H29ClFN9O7S2. The molecule has 16 nitrogen and oxygen atoms in total. The maximum atomic E-state index is 14.7. The number of benzene rings is 1. The van der Waals surface area contributed by atoms with Crippen molar-refractivity contribution in [1.29, 1.82) is 5.41 Å². The predicted molar refractivity (Wildman–Crippen MR) is 187 cm³/mol. The summed E-state index contributed by atoms with van der Waals surface area (Å²) in [5.41, 5.74) is 10.2. The van der Waals surface area contributed by atoms with E-state index in [1.165, 1.54) is 31.7 Å². The summed E-state index contributed by atoms with van der Waals surface area (Å²) in [5, 5.41) is 35.5. The number of oxime groups is 1. The lowest BCUT2D eigenvalue weighted by Gasteiger charge is -2.50. The van der Waals surface area contributed by atoms with Crippen molar-refractivity contribution >= 4 is 86.0 Å². The molecule has 1 saturated heterocycles. The number of anilines is 1. The van der Waals surface area contributed by atoms with Gasteiger partial charge in [0, 0.05) is 34.7 Å². The van der Waals surface area contributed by atoms with Crippen molar-refractivity contribution in [2.75, 3.05) is 11.5 Å². The monoisotopic (exact) mass is 769 g/mol. The maximum absolute atomic E-state index is 14.7. The SMILES string of the molecule is CC(C)(O/N=C(\C(=O)N[C@@H]1C(=O)N2C(C(=O)[O-])=C(C[n+]3ccc4c(ccn4Cc4ccc(C(=N)N)cc4F)c3)CS[C@H]12)c1nc(N)sc1Cl)C(=O)O. The van der Waals surface area contributed by atoms with Gasteiger partial charge in [-0.2, -0.15) is 0 Å². The van der Waals surface area contributed by atoms with Crippen LogP contribution in [0.15, 0.2) is 65.3 Å². The number of fused-ring (bicyclic) bond motifs is 2. The Hall–Kier alpha value is -5.53. The summed E-state index contributed by atoms with van der Waals surface area (Å²) in [6, 6.07) is 6.82. The molecule has 52 heavy (non-hydrogen) atoms. The quantitative estimate of drug-likeness (QED) is 0.0443. The Kier molecular flexibility index (Phi) is 9.69. The Morgan fingerprint density at radius 1 is 1.31 bits per heavy atom. The van der Waals surface area contributed by atoms with Gasteiger partial charge in [-0.3, -0.25) is 19.9 Å². The summed E-state index contributed by atoms with van der Waals surface area (Å²) >= 11 is 8.26. The van der Waals surface area contributed by atoms with Crippen molar-refractivity contribution in [3.63, 3.8) is 0 Å². The zero-order valence-electron chi connectivity index (χ0n) is 27.3. The van der Waals surface area contributed by atoms with Gasteiger partial charge in [0.1, 0.15) is 33.1 Å². The number of nitrogen functional groups attached to an aromatic ring is 2. The number of amides is 2. The van der Waals surface area contributed by atoms with E-state index < -0.39 is 52.3 Å². The third-order valence-electron chi connectivity index (χ3n) is 8.30. The zero-order chi connectivity index (χ0) is 37.6. The first kappa shape index (κ1) is 36.3. The third kappa shape index (κ3) is 6.89. The van der Waals surface area contributed by atoms with E-state index in [1.807, 2.05) is 10.6 Å². The fourth-order valence-electron chi connectivity index (χ4n) is 5.53. The van der Waals surface area contributed by atoms with Crippen molar-refractivity contribution in [1.82, 2.24) is 19.8 Å². The van der Waals surface area contributed by atoms with Crippen LogP contribution in [0.5, 0.6) is 0 Å². The zero-order valence-corrected chi connectivity index (χ0v) is 29.6. The Morgan fingerprint density at radius 3 is 2.69 bits per heavy atom. The number of nitrogens with one attached hydrogen (secondary N) is 2. The van der Waals surface area contributed by atoms with Crippen LogP contribution in [0.3, 0.4) is 0 Å². The first-order chi connectivity index (χ1) is 24.5. The number of thioether (sulfide) groups is 1. The van der Waals surface area contributed by atoms with Crippen molar-refractivity contribution in [3.8, 4) is 0 Å². The maximum Gasteiger partial charge on any atom is 0.350 e. The Morgan fingerprint density at radius 2 is 2.06 bits per heavy atom. The fraction of sp³-hybridized carbons (Fsp3) is 0.250. The molecule has 0 unspecified atom stereocenters. The molecule has 2 amide bonds. The van der Waals surface area contributed by atoms with Gasteiger partial charge in [-0.05, 0) is 26.0 Å². The number of aliphatic carboxylic acids is 2. The molecule has 1 fully saturated rings. The molecule has 4 aromatic rings. The van der Waals surface area contributed by atoms with Gasteiger partial charge in [0.25, 0.3) is 11.8 Å². The van der Waals surface area contributed by atoms with Crippen LogP contribution < -0.4 is 26.5 Å². The second-order valence-corrected chi connectivity index (χ2v) is 15.0. The van der Waals surface area contributed by atoms with E-state index in [9.17, 15) is 33.8 Å². The predicted octanol–water partition coefficient (Wildman–Crippen LogP) is 0.780. The van der Waals surface area contributed by atoms with Crippen LogP contribution in [-0.4, -0.2) is 77.6 Å². The van der Waals surface area contributed by atoms with E-state index in [1.54, 1.807) is 41.4 Å². The van der Waals surface area contributed by atoms with Gasteiger partial charge >= 0.3 is 5.97 Å². The molecule has 2 atom stereocenters. The second-order valence-electron chi connectivity index (χ2n) is 12.2. The fourth-order valence-corrected chi connectivity index (χ4v) is 7.79. The minimum atomic E-state index is -1.84. The summed E-state index contributed by atoms with van der Waals surface area (Å²) in [4.78, 5) is 61.0. The minimum absolute atomic E-state index is 0.00900. The summed E-state index contributed by atoms with van der Waals surface area (Å²) in [6.45, 7) is 2.73. The third-order valence-corrected chi connectivity index (χ3v) is 10.7. The standard InChI is InChI=1S/C32H29ClFN9O7S2/c1-32(2,30(48)49)50-40-21(20-24(33)52-31(37)39-20)26(44)38-22-27(45)43-23(29(46)47)17(13-51-28(22)43)11-41-7-6-19-16(10-41)5-8-42(19)12-15-4-3-14(25(35)36)9-18(15)34/h3-10,22,28H,11-13H2,1-2H3,(H7-,35,36,37,38,39,44,46,47,48,49)/b40-21-/t22-,28-/m1/s1. The van der Waals surface area contributed by atoms with Crippen LogP contribution in [0.4, 0.5) is 9.52 Å². The summed E-state index contributed by atoms with van der Waals surface area (Å²) < 4.78 is 18.3. The molecule has 0 radical (unpaired) electrons. The number of amidine groups is 1. The first-order valence-corrected chi connectivity index (χ1v) is 17.5. The topological polar surface area (TPSA) is 246 Å². The number of thiazole rings is 1. The van der Waals surface area contributed by atoms with Crippen LogP contribution in [0.1, 0.15) is 30.7 Å². The number of β-lactam (4-membered cyclic amide) rings is 1. The highest BCUT2D eigenvalue weighted by Gasteiger charge is 2.53. The second kappa shape index (κ2) is 13.9. The molecular weight excluding hydrogens is 741 g/mol. The summed E-state index contributed by atoms with van der Waals surface area (Å²) in [6.07, 6.45) is 5.32. The molecule has 7 N–H and O–H groups in total. The largest absolute Gasteiger partial charge is 0.543 e. The first-order valence-electron chi connectivity index (χ1n) is 15.3. The number of hydrogen-bond donors (Lipinski definition) is 5. The van der Waals surface area contributed by atoms with Gasteiger partial charge in [-0.15, -0.1) is 11.8 Å². The number of hydrogen-bond acceptors (Lipinski definition) is 12. The lowest BCUT2D eigenvalue weighted by Crippen LogP contribution is -2.71. The van der Waals surface area contributed by atoms with Crippen molar-refractivity contribution in [2.45, 2.75) is 44.0 Å². The lowest BCUT2D eigenvalue weighted by atomic mass is 10.0. The number of halogens is 2. The smallest absolute Gasteiger partial charge is 0.350 e. The van der Waals surface area contributed by atoms with Crippen molar-refractivity contribution in [3.05, 3.63) is 87.2 Å². The average molecular weight is 770 g/mol. The van der Waals surface area contributed by atoms with Gasteiger partial charge in [-0.1, -0.05) is 40.2 Å². The Labute approximate surface area is 307 Å². The van der Waals surface area contributed by atoms with Crippen LogP contribution in [-0.2, 0) is 37.1 Å². The minimum Gasteiger partial charge on any atom is -0.543 e. The van der Waals surface area contributed by atoms with E-state index in [2.05, 4.69) is 15.5 Å². The van der Waals surface area contributed by atoms with Gasteiger partial charge < -0.3 is 41.2 Å². The highest BCUT2D eigenvalue weighted by atomic mass is 35.5. The Bertz CT molecular complexity index is 2250. The molecule has 0 spiro atoms. The number of carboxylic acid groups (broad SMARTS) is 2. The number of aromatic nitrogens is 3. The van der Waals surface area contributed by atoms with Crippen LogP contribution in [0.2, 0.25) is 4.34 Å². The molecule has 0 bridgehead atoms. The highest BCUT2D eigenvalue weighted by molar-refractivity contribution is 8.00. The van der Waals surface area contributed by atoms with Crippen molar-refractivity contribution < 1.29 is 43.2 Å². The average Bonchev–Trinajstić information content (AvgIpc) is 3.64. The number of nitrogens with two attached hydrogens (primary N) is 2. The molecule has 20 heteroatoms. The summed E-state index contributed by atoms with van der Waals surface area (Å²) in [5.74, 6) is -5.19. The number of pyridine rings is 1. The van der Waals surface area contributed by atoms with Gasteiger partial charge in [0.2, 0.25) is 5.60 Å². The molecule has 270 valence electrons. The van der Waals surface area contributed by atoms with Gasteiger partial charge in [0.15, 0.2) is 29.8 Å². The number of carbonyl (C=O) groups is 4. The highest BCUT2D eigenvalue weighted by Crippen LogP contribution is 2.40.